The predicted octanol–water partition coefficient (Wildman–Crippen LogP) is 4.20. The molecule has 0 aliphatic rings. The summed E-state index contributed by atoms with van der Waals surface area (Å²) < 4.78 is 11.8. The van der Waals surface area contributed by atoms with Gasteiger partial charge in [-0.1, -0.05) is 55.4 Å². The van der Waals surface area contributed by atoms with Crippen molar-refractivity contribution in [3.05, 3.63) is 101 Å². The molecule has 1 N–H and O–H groups in total. The molecular weight excluding hydrogens is 472 g/mol. The number of hydrogen-bond acceptors (Lipinski definition) is 7. The lowest BCUT2D eigenvalue weighted by atomic mass is 9.92. The van der Waals surface area contributed by atoms with Crippen molar-refractivity contribution in [2.45, 2.75) is 39.5 Å². The van der Waals surface area contributed by atoms with E-state index >= 15 is 0 Å². The van der Waals surface area contributed by atoms with Gasteiger partial charge in [0.2, 0.25) is 5.82 Å². The molecule has 1 atom stereocenters. The van der Waals surface area contributed by atoms with Crippen LogP contribution in [-0.2, 0) is 17.1 Å². The third-order valence-corrected chi connectivity index (χ3v) is 5.85. The third-order valence-electron chi connectivity index (χ3n) is 5.85. The van der Waals surface area contributed by atoms with Gasteiger partial charge in [-0.15, -0.1) is 0 Å². The summed E-state index contributed by atoms with van der Waals surface area (Å²) in [5.41, 5.74) is -0.0909. The SMILES string of the molecule is CC(=O)C(CC(C)C)(NC(=O)c1ccc(OCc2ccccc2)cc1)n1c(-c2ccccn2)noc1=O. The van der Waals surface area contributed by atoms with Crippen LogP contribution in [0.25, 0.3) is 11.5 Å². The zero-order valence-corrected chi connectivity index (χ0v) is 20.9. The first-order valence-electron chi connectivity index (χ1n) is 11.9. The molecule has 1 amide bonds. The average molecular weight is 501 g/mol. The molecule has 0 radical (unpaired) electrons. The Bertz CT molecular complexity index is 1410. The summed E-state index contributed by atoms with van der Waals surface area (Å²) in [7, 11) is 0. The highest BCUT2D eigenvalue weighted by molar-refractivity contribution is 5.98. The standard InChI is InChI=1S/C28H28N4O5/c1-19(2)17-28(20(3)33,32-25(31-37-27(32)35)24-11-7-8-16-29-24)30-26(34)22-12-14-23(15-13-22)36-18-21-9-5-4-6-10-21/h4-16,19H,17-18H2,1-3H3,(H,30,34). The van der Waals surface area contributed by atoms with Crippen LogP contribution in [0.15, 0.2) is 88.3 Å². The first kappa shape index (κ1) is 25.6. The number of amides is 1. The molecule has 1 unspecified atom stereocenters. The summed E-state index contributed by atoms with van der Waals surface area (Å²) in [6.45, 7) is 5.50. The minimum absolute atomic E-state index is 0.0476. The lowest BCUT2D eigenvalue weighted by Gasteiger charge is -2.34. The summed E-state index contributed by atoms with van der Waals surface area (Å²) in [6.07, 6.45) is 1.67. The first-order valence-corrected chi connectivity index (χ1v) is 11.9. The van der Waals surface area contributed by atoms with E-state index in [9.17, 15) is 14.4 Å². The number of rotatable bonds is 10. The van der Waals surface area contributed by atoms with Crippen molar-refractivity contribution < 1.29 is 18.8 Å². The number of benzene rings is 2. The van der Waals surface area contributed by atoms with E-state index in [-0.39, 0.29) is 18.2 Å². The molecule has 0 aliphatic heterocycles. The van der Waals surface area contributed by atoms with Crippen molar-refractivity contribution >= 4 is 11.7 Å². The van der Waals surface area contributed by atoms with E-state index in [0.717, 1.165) is 10.1 Å². The monoisotopic (exact) mass is 500 g/mol. The van der Waals surface area contributed by atoms with Gasteiger partial charge in [0.1, 0.15) is 18.1 Å². The van der Waals surface area contributed by atoms with Gasteiger partial charge in [-0.3, -0.25) is 19.1 Å². The van der Waals surface area contributed by atoms with Crippen LogP contribution in [0.1, 0.15) is 43.1 Å². The van der Waals surface area contributed by atoms with Gasteiger partial charge in [0.15, 0.2) is 11.4 Å². The molecule has 2 aromatic carbocycles. The fourth-order valence-corrected chi connectivity index (χ4v) is 4.13. The van der Waals surface area contributed by atoms with E-state index < -0.39 is 23.1 Å². The van der Waals surface area contributed by atoms with Crippen LogP contribution in [0.2, 0.25) is 0 Å². The molecular formula is C28H28N4O5. The molecule has 37 heavy (non-hydrogen) atoms. The summed E-state index contributed by atoms with van der Waals surface area (Å²) in [5.74, 6) is -1.29. The van der Waals surface area contributed by atoms with Crippen LogP contribution in [0.5, 0.6) is 5.75 Å². The van der Waals surface area contributed by atoms with Gasteiger partial charge in [-0.2, -0.15) is 0 Å². The number of nitrogens with one attached hydrogen (secondary N) is 1. The Hall–Kier alpha value is -4.53. The fourth-order valence-electron chi connectivity index (χ4n) is 4.13. The maximum atomic E-state index is 13.4. The fraction of sp³-hybridized carbons (Fsp3) is 0.250. The second kappa shape index (κ2) is 11.0. The second-order valence-corrected chi connectivity index (χ2v) is 9.09. The number of Topliss-reactive ketones (excluding diaryl/α,β-unsaturated/α-hetero) is 1. The minimum Gasteiger partial charge on any atom is -0.489 e. The number of nitrogens with zero attached hydrogens (tertiary/aromatic N) is 3. The van der Waals surface area contributed by atoms with Gasteiger partial charge in [-0.25, -0.2) is 9.36 Å². The number of carbonyl (C=O) groups excluding carboxylic acids is 2. The lowest BCUT2D eigenvalue weighted by Crippen LogP contribution is -2.59. The molecule has 0 aliphatic carbocycles. The quantitative estimate of drug-likeness (QED) is 0.347. The molecule has 0 fully saturated rings. The normalized spacial score (nSPS) is 12.6. The van der Waals surface area contributed by atoms with Crippen LogP contribution in [0, 0.1) is 5.92 Å². The smallest absolute Gasteiger partial charge is 0.444 e. The maximum absolute atomic E-state index is 13.4. The Balaban J connectivity index is 1.64. The van der Waals surface area contributed by atoms with Gasteiger partial charge in [-0.05, 0) is 61.2 Å². The molecule has 9 heteroatoms. The average Bonchev–Trinajstić information content (AvgIpc) is 3.29. The number of carbonyl (C=O) groups is 2. The molecule has 2 heterocycles. The number of pyridine rings is 1. The predicted molar refractivity (Wildman–Crippen MR) is 137 cm³/mol. The Morgan fingerprint density at radius 3 is 2.35 bits per heavy atom. The summed E-state index contributed by atoms with van der Waals surface area (Å²) in [5, 5.41) is 6.69. The molecule has 0 saturated carbocycles. The molecule has 0 saturated heterocycles. The zero-order valence-electron chi connectivity index (χ0n) is 20.9. The van der Waals surface area contributed by atoms with E-state index in [1.165, 1.54) is 13.1 Å². The molecule has 9 nitrogen and oxygen atoms in total. The van der Waals surface area contributed by atoms with Crippen molar-refractivity contribution in [3.63, 3.8) is 0 Å². The van der Waals surface area contributed by atoms with Crippen LogP contribution < -0.4 is 15.8 Å². The number of ketones is 1. The van der Waals surface area contributed by atoms with Crippen molar-refractivity contribution in [2.75, 3.05) is 0 Å². The van der Waals surface area contributed by atoms with Crippen molar-refractivity contribution in [2.24, 2.45) is 5.92 Å². The van der Waals surface area contributed by atoms with E-state index in [1.807, 2.05) is 44.2 Å². The Kier molecular flexibility index (Phi) is 7.62. The largest absolute Gasteiger partial charge is 0.489 e. The number of ether oxygens (including phenoxy) is 1. The highest BCUT2D eigenvalue weighted by Gasteiger charge is 2.44. The van der Waals surface area contributed by atoms with Gasteiger partial charge in [0, 0.05) is 11.8 Å². The zero-order chi connectivity index (χ0) is 26.4. The van der Waals surface area contributed by atoms with Gasteiger partial charge in [0.05, 0.1) is 0 Å². The highest BCUT2D eigenvalue weighted by atomic mass is 16.5. The molecule has 2 aromatic heterocycles. The van der Waals surface area contributed by atoms with Crippen molar-refractivity contribution in [3.8, 4) is 17.3 Å². The molecule has 4 aromatic rings. The topological polar surface area (TPSA) is 116 Å². The lowest BCUT2D eigenvalue weighted by molar-refractivity contribution is -0.128. The summed E-state index contributed by atoms with van der Waals surface area (Å²) >= 11 is 0. The second-order valence-electron chi connectivity index (χ2n) is 9.09. The molecule has 0 spiro atoms. The Morgan fingerprint density at radius 1 is 1.03 bits per heavy atom. The van der Waals surface area contributed by atoms with E-state index in [2.05, 4.69) is 15.5 Å². The van der Waals surface area contributed by atoms with Gasteiger partial charge in [0.25, 0.3) is 5.91 Å². The van der Waals surface area contributed by atoms with E-state index in [4.69, 9.17) is 9.26 Å². The van der Waals surface area contributed by atoms with Crippen LogP contribution in [0.4, 0.5) is 0 Å². The van der Waals surface area contributed by atoms with Gasteiger partial charge < -0.3 is 10.1 Å². The van der Waals surface area contributed by atoms with Crippen molar-refractivity contribution in [1.82, 2.24) is 20.0 Å². The van der Waals surface area contributed by atoms with Crippen LogP contribution in [-0.4, -0.2) is 26.4 Å². The van der Waals surface area contributed by atoms with Crippen LogP contribution in [0.3, 0.4) is 0 Å². The molecule has 4 rings (SSSR count). The number of hydrogen-bond donors (Lipinski definition) is 1. The minimum atomic E-state index is -1.74. The molecule has 190 valence electrons. The Morgan fingerprint density at radius 2 is 1.73 bits per heavy atom. The highest BCUT2D eigenvalue weighted by Crippen LogP contribution is 2.28. The summed E-state index contributed by atoms with van der Waals surface area (Å²) in [6, 6.07) is 21.4. The van der Waals surface area contributed by atoms with E-state index in [0.29, 0.717) is 23.6 Å². The van der Waals surface area contributed by atoms with Crippen LogP contribution >= 0.6 is 0 Å². The van der Waals surface area contributed by atoms with Crippen molar-refractivity contribution in [1.29, 1.82) is 0 Å². The first-order chi connectivity index (χ1) is 17.8. The summed E-state index contributed by atoms with van der Waals surface area (Å²) in [4.78, 5) is 43.7. The maximum Gasteiger partial charge on any atom is 0.444 e. The Labute approximate surface area is 214 Å². The van der Waals surface area contributed by atoms with Gasteiger partial charge >= 0.3 is 5.76 Å². The third kappa shape index (κ3) is 5.66. The number of aromatic nitrogens is 3. The van der Waals surface area contributed by atoms with E-state index in [1.54, 1.807) is 42.5 Å². The molecule has 0 bridgehead atoms.